The van der Waals surface area contributed by atoms with Crippen molar-refractivity contribution in [2.24, 2.45) is 0 Å². The van der Waals surface area contributed by atoms with Crippen LogP contribution in [0.3, 0.4) is 0 Å². The molecule has 2 rings (SSSR count). The summed E-state index contributed by atoms with van der Waals surface area (Å²) in [4.78, 5) is 14.4. The fourth-order valence-electron chi connectivity index (χ4n) is 2.59. The zero-order chi connectivity index (χ0) is 14.6. The molecule has 0 spiro atoms. The van der Waals surface area contributed by atoms with Crippen molar-refractivity contribution in [1.29, 1.82) is 0 Å². The monoisotopic (exact) mass is 295 g/mol. The minimum atomic E-state index is 0.160. The van der Waals surface area contributed by atoms with Crippen LogP contribution in [0, 0.1) is 0 Å². The van der Waals surface area contributed by atoms with Crippen molar-refractivity contribution in [2.75, 3.05) is 12.3 Å². The predicted octanol–water partition coefficient (Wildman–Crippen LogP) is 4.26. The lowest BCUT2D eigenvalue weighted by Crippen LogP contribution is -2.30. The highest BCUT2D eigenvalue weighted by atomic mass is 32.2. The number of hydrogen-bond acceptors (Lipinski definition) is 3. The number of likely N-dealkylation sites (tertiary alicyclic amines) is 1. The molecule has 0 radical (unpaired) electrons. The van der Waals surface area contributed by atoms with Crippen molar-refractivity contribution in [3.05, 3.63) is 24.2 Å². The third kappa shape index (κ3) is 4.30. The fourth-order valence-corrected chi connectivity index (χ4v) is 3.49. The van der Waals surface area contributed by atoms with E-state index in [0.717, 1.165) is 37.3 Å². The quantitative estimate of drug-likeness (QED) is 0.761. The van der Waals surface area contributed by atoms with Crippen molar-refractivity contribution in [3.8, 4) is 0 Å². The molecule has 1 atom stereocenters. The molecule has 1 fully saturated rings. The first kappa shape index (κ1) is 15.5. The highest BCUT2D eigenvalue weighted by molar-refractivity contribution is 8.00. The van der Waals surface area contributed by atoms with Crippen molar-refractivity contribution in [2.45, 2.75) is 57.2 Å². The average Bonchev–Trinajstić information content (AvgIpc) is 3.01. The first-order valence-corrected chi connectivity index (χ1v) is 8.43. The van der Waals surface area contributed by atoms with Crippen LogP contribution in [-0.4, -0.2) is 27.9 Å². The number of furan rings is 1. The number of carbonyl (C=O) groups excluding carboxylic acids is 1. The van der Waals surface area contributed by atoms with Gasteiger partial charge in [0.25, 0.3) is 0 Å². The SMILES string of the molecule is CC(C)(C)SCCCC(=O)N1CCC[C@@H]1c1ccco1. The van der Waals surface area contributed by atoms with Crippen molar-refractivity contribution in [1.82, 2.24) is 4.90 Å². The Morgan fingerprint density at radius 3 is 2.95 bits per heavy atom. The minimum absolute atomic E-state index is 0.160. The lowest BCUT2D eigenvalue weighted by Gasteiger charge is -2.23. The lowest BCUT2D eigenvalue weighted by atomic mass is 10.1. The molecule has 0 aromatic carbocycles. The summed E-state index contributed by atoms with van der Waals surface area (Å²) < 4.78 is 5.76. The van der Waals surface area contributed by atoms with Crippen molar-refractivity contribution in [3.63, 3.8) is 0 Å². The molecule has 20 heavy (non-hydrogen) atoms. The van der Waals surface area contributed by atoms with Crippen LogP contribution < -0.4 is 0 Å². The van der Waals surface area contributed by atoms with E-state index < -0.39 is 0 Å². The van der Waals surface area contributed by atoms with E-state index in [9.17, 15) is 4.79 Å². The number of amides is 1. The molecule has 1 aliphatic heterocycles. The van der Waals surface area contributed by atoms with Gasteiger partial charge in [0.1, 0.15) is 5.76 Å². The maximum Gasteiger partial charge on any atom is 0.223 e. The molecule has 1 saturated heterocycles. The number of rotatable bonds is 5. The van der Waals surface area contributed by atoms with Gasteiger partial charge in [-0.1, -0.05) is 20.8 Å². The zero-order valence-corrected chi connectivity index (χ0v) is 13.5. The van der Waals surface area contributed by atoms with Crippen molar-refractivity contribution >= 4 is 17.7 Å². The number of nitrogens with zero attached hydrogens (tertiary/aromatic N) is 1. The summed E-state index contributed by atoms with van der Waals surface area (Å²) in [5, 5.41) is 0. The summed E-state index contributed by atoms with van der Waals surface area (Å²) in [6.45, 7) is 7.52. The molecule has 0 saturated carbocycles. The van der Waals surface area contributed by atoms with Gasteiger partial charge in [0.2, 0.25) is 5.91 Å². The Morgan fingerprint density at radius 2 is 2.30 bits per heavy atom. The molecule has 1 aliphatic rings. The summed E-state index contributed by atoms with van der Waals surface area (Å²) in [6, 6.07) is 4.04. The molecule has 2 heterocycles. The second-order valence-electron chi connectivity index (χ2n) is 6.32. The summed E-state index contributed by atoms with van der Waals surface area (Å²) >= 11 is 1.93. The van der Waals surface area contributed by atoms with Crippen LogP contribution in [0.2, 0.25) is 0 Å². The van der Waals surface area contributed by atoms with Crippen LogP contribution in [0.15, 0.2) is 22.8 Å². The van der Waals surface area contributed by atoms with Gasteiger partial charge in [-0.3, -0.25) is 4.79 Å². The third-order valence-electron chi connectivity index (χ3n) is 3.51. The first-order valence-electron chi connectivity index (χ1n) is 7.44. The van der Waals surface area contributed by atoms with Gasteiger partial charge in [0, 0.05) is 17.7 Å². The van der Waals surface area contributed by atoms with Gasteiger partial charge in [-0.15, -0.1) is 0 Å². The molecule has 0 aliphatic carbocycles. The third-order valence-corrected chi connectivity index (χ3v) is 4.87. The summed E-state index contributed by atoms with van der Waals surface area (Å²) in [6.07, 6.45) is 5.41. The topological polar surface area (TPSA) is 33.5 Å². The van der Waals surface area contributed by atoms with Gasteiger partial charge in [-0.25, -0.2) is 0 Å². The molecule has 1 aromatic heterocycles. The maximum absolute atomic E-state index is 12.4. The molecule has 1 amide bonds. The second kappa shape index (κ2) is 6.70. The molecule has 0 unspecified atom stereocenters. The Balaban J connectivity index is 1.80. The Hall–Kier alpha value is -0.900. The van der Waals surface area contributed by atoms with Gasteiger partial charge >= 0.3 is 0 Å². The smallest absolute Gasteiger partial charge is 0.223 e. The lowest BCUT2D eigenvalue weighted by molar-refractivity contribution is -0.132. The van der Waals surface area contributed by atoms with E-state index in [1.807, 2.05) is 28.8 Å². The molecule has 3 nitrogen and oxygen atoms in total. The van der Waals surface area contributed by atoms with E-state index in [1.165, 1.54) is 0 Å². The Bertz CT molecular complexity index is 422. The maximum atomic E-state index is 12.4. The van der Waals surface area contributed by atoms with E-state index in [1.54, 1.807) is 6.26 Å². The molecule has 1 aromatic rings. The first-order chi connectivity index (χ1) is 9.47. The number of thioether (sulfide) groups is 1. The Labute approximate surface area is 126 Å². The van der Waals surface area contributed by atoms with Crippen LogP contribution >= 0.6 is 11.8 Å². The molecule has 4 heteroatoms. The second-order valence-corrected chi connectivity index (χ2v) is 8.25. The van der Waals surface area contributed by atoms with E-state index in [4.69, 9.17) is 4.42 Å². The molecule has 0 N–H and O–H groups in total. The van der Waals surface area contributed by atoms with E-state index >= 15 is 0 Å². The Kier molecular flexibility index (Phi) is 5.19. The molecular weight excluding hydrogens is 270 g/mol. The van der Waals surface area contributed by atoms with Gasteiger partial charge in [-0.2, -0.15) is 11.8 Å². The molecular formula is C16H25NO2S. The van der Waals surface area contributed by atoms with Gasteiger partial charge < -0.3 is 9.32 Å². The van der Waals surface area contributed by atoms with E-state index in [0.29, 0.717) is 6.42 Å². The summed E-state index contributed by atoms with van der Waals surface area (Å²) in [5.74, 6) is 2.26. The van der Waals surface area contributed by atoms with E-state index in [-0.39, 0.29) is 16.7 Å². The summed E-state index contributed by atoms with van der Waals surface area (Å²) in [7, 11) is 0. The number of carbonyl (C=O) groups is 1. The highest BCUT2D eigenvalue weighted by Gasteiger charge is 2.31. The van der Waals surface area contributed by atoms with Crippen molar-refractivity contribution < 1.29 is 9.21 Å². The molecule has 112 valence electrons. The van der Waals surface area contributed by atoms with Gasteiger partial charge in [-0.05, 0) is 37.1 Å². The molecule has 0 bridgehead atoms. The van der Waals surface area contributed by atoms with Crippen LogP contribution in [-0.2, 0) is 4.79 Å². The van der Waals surface area contributed by atoms with Crippen LogP contribution in [0.4, 0.5) is 0 Å². The van der Waals surface area contributed by atoms with Crippen LogP contribution in [0.1, 0.15) is 58.3 Å². The van der Waals surface area contributed by atoms with E-state index in [2.05, 4.69) is 20.8 Å². The minimum Gasteiger partial charge on any atom is -0.467 e. The Morgan fingerprint density at radius 1 is 1.50 bits per heavy atom. The average molecular weight is 295 g/mol. The van der Waals surface area contributed by atoms with Crippen LogP contribution in [0.5, 0.6) is 0 Å². The van der Waals surface area contributed by atoms with Crippen LogP contribution in [0.25, 0.3) is 0 Å². The largest absolute Gasteiger partial charge is 0.467 e. The van der Waals surface area contributed by atoms with Gasteiger partial charge in [0.15, 0.2) is 0 Å². The zero-order valence-electron chi connectivity index (χ0n) is 12.7. The standard InChI is InChI=1S/C16H25NO2S/c1-16(2,3)20-12-6-9-15(18)17-10-4-7-13(17)14-8-5-11-19-14/h5,8,11,13H,4,6-7,9-10,12H2,1-3H3/t13-/m1/s1. The normalized spacial score (nSPS) is 19.6. The predicted molar refractivity (Wildman–Crippen MR) is 83.8 cm³/mol. The fraction of sp³-hybridized carbons (Fsp3) is 0.688. The highest BCUT2D eigenvalue weighted by Crippen LogP contribution is 2.33. The summed E-state index contributed by atoms with van der Waals surface area (Å²) in [5.41, 5.74) is 0. The number of hydrogen-bond donors (Lipinski definition) is 0. The van der Waals surface area contributed by atoms with Gasteiger partial charge in [0.05, 0.1) is 12.3 Å².